The average molecular weight is 307 g/mol. The number of rotatable bonds is 3. The highest BCUT2D eigenvalue weighted by Gasteiger charge is 2.20. The second-order valence-corrected chi connectivity index (χ2v) is 6.57. The Morgan fingerprint density at radius 3 is 2.96 bits per heavy atom. The van der Waals surface area contributed by atoms with Gasteiger partial charge < -0.3 is 4.42 Å². The molecule has 1 aliphatic rings. The van der Waals surface area contributed by atoms with Gasteiger partial charge >= 0.3 is 0 Å². The predicted molar refractivity (Wildman–Crippen MR) is 90.2 cm³/mol. The molecule has 3 aromatic rings. The van der Waals surface area contributed by atoms with E-state index in [1.54, 1.807) is 0 Å². The van der Waals surface area contributed by atoms with Crippen LogP contribution in [0, 0.1) is 0 Å². The van der Waals surface area contributed by atoms with Crippen LogP contribution >= 0.6 is 0 Å². The molecule has 0 aliphatic carbocycles. The molecule has 0 spiro atoms. The molecule has 1 aliphatic heterocycles. The molecule has 0 atom stereocenters. The molecular weight excluding hydrogens is 286 g/mol. The van der Waals surface area contributed by atoms with Crippen molar-refractivity contribution in [1.29, 1.82) is 0 Å². The summed E-state index contributed by atoms with van der Waals surface area (Å²) in [6.45, 7) is 7.01. The zero-order valence-corrected chi connectivity index (χ0v) is 13.6. The summed E-state index contributed by atoms with van der Waals surface area (Å²) in [6, 6.07) is 10.3. The van der Waals surface area contributed by atoms with Gasteiger partial charge in [0.05, 0.1) is 6.54 Å². The molecule has 2 aromatic heterocycles. The maximum Gasteiger partial charge on any atom is 0.134 e. The smallest absolute Gasteiger partial charge is 0.134 e. The highest BCUT2D eigenvalue weighted by Crippen LogP contribution is 2.23. The molecule has 4 nitrogen and oxygen atoms in total. The van der Waals surface area contributed by atoms with Gasteiger partial charge in [-0.2, -0.15) is 0 Å². The third-order valence-electron chi connectivity index (χ3n) is 4.40. The summed E-state index contributed by atoms with van der Waals surface area (Å²) >= 11 is 0. The monoisotopic (exact) mass is 307 g/mol. The highest BCUT2D eigenvalue weighted by molar-refractivity contribution is 5.77. The van der Waals surface area contributed by atoms with Gasteiger partial charge in [-0.05, 0) is 12.1 Å². The molecule has 23 heavy (non-hydrogen) atoms. The van der Waals surface area contributed by atoms with E-state index in [2.05, 4.69) is 35.9 Å². The zero-order valence-electron chi connectivity index (χ0n) is 13.6. The Balaban J connectivity index is 1.51. The van der Waals surface area contributed by atoms with Crippen LogP contribution < -0.4 is 0 Å². The number of nitrogens with zero attached hydrogens (tertiary/aromatic N) is 3. The Morgan fingerprint density at radius 2 is 2.13 bits per heavy atom. The number of benzene rings is 1. The minimum absolute atomic E-state index is 0.383. The Hall–Kier alpha value is -2.20. The Labute approximate surface area is 136 Å². The number of fused-ring (bicyclic) bond motifs is 2. The molecule has 0 amide bonds. The molecule has 4 rings (SSSR count). The maximum atomic E-state index is 5.94. The molecule has 0 saturated carbocycles. The van der Waals surface area contributed by atoms with Crippen molar-refractivity contribution < 1.29 is 4.42 Å². The molecule has 0 radical (unpaired) electrons. The van der Waals surface area contributed by atoms with Gasteiger partial charge in [0, 0.05) is 48.3 Å². The lowest BCUT2D eigenvalue weighted by Crippen LogP contribution is -2.31. The van der Waals surface area contributed by atoms with Crippen LogP contribution in [0.1, 0.15) is 42.6 Å². The van der Waals surface area contributed by atoms with E-state index in [1.165, 1.54) is 16.6 Å². The fourth-order valence-electron chi connectivity index (χ4n) is 3.14. The second-order valence-electron chi connectivity index (χ2n) is 6.57. The standard InChI is InChI=1S/C19H21N3O/c1-13(2)19-20-10-15-11-22(8-7-17(15)21-19)12-16-9-14-5-3-4-6-18(14)23-16/h3-6,9-10,13H,7-8,11-12H2,1-2H3. The molecule has 1 aromatic carbocycles. The minimum atomic E-state index is 0.383. The first-order chi connectivity index (χ1) is 11.2. The fourth-order valence-corrected chi connectivity index (χ4v) is 3.14. The van der Waals surface area contributed by atoms with Gasteiger partial charge in [-0.15, -0.1) is 0 Å². The maximum absolute atomic E-state index is 5.94. The van der Waals surface area contributed by atoms with Gasteiger partial charge in [-0.1, -0.05) is 32.0 Å². The Morgan fingerprint density at radius 1 is 1.26 bits per heavy atom. The summed E-state index contributed by atoms with van der Waals surface area (Å²) in [5.74, 6) is 2.36. The fraction of sp³-hybridized carbons (Fsp3) is 0.368. The van der Waals surface area contributed by atoms with E-state index < -0.39 is 0 Å². The molecule has 118 valence electrons. The van der Waals surface area contributed by atoms with Crippen molar-refractivity contribution in [2.45, 2.75) is 39.3 Å². The van der Waals surface area contributed by atoms with E-state index in [9.17, 15) is 0 Å². The molecule has 4 heteroatoms. The van der Waals surface area contributed by atoms with E-state index in [4.69, 9.17) is 9.40 Å². The van der Waals surface area contributed by atoms with Crippen molar-refractivity contribution in [3.63, 3.8) is 0 Å². The van der Waals surface area contributed by atoms with Crippen LogP contribution in [0.15, 0.2) is 40.9 Å². The first-order valence-corrected chi connectivity index (χ1v) is 8.23. The topological polar surface area (TPSA) is 42.2 Å². The third kappa shape index (κ3) is 2.86. The van der Waals surface area contributed by atoms with Gasteiger partial charge in [0.15, 0.2) is 0 Å². The molecule has 0 N–H and O–H groups in total. The summed E-state index contributed by atoms with van der Waals surface area (Å²) in [6.07, 6.45) is 2.99. The molecule has 0 unspecified atom stereocenters. The number of furan rings is 1. The van der Waals surface area contributed by atoms with Crippen molar-refractivity contribution in [3.05, 3.63) is 59.4 Å². The van der Waals surface area contributed by atoms with Crippen molar-refractivity contribution in [1.82, 2.24) is 14.9 Å². The highest BCUT2D eigenvalue weighted by atomic mass is 16.3. The summed E-state index contributed by atoms with van der Waals surface area (Å²) in [5, 5.41) is 1.17. The number of para-hydroxylation sites is 1. The number of aromatic nitrogens is 2. The van der Waals surface area contributed by atoms with Gasteiger partial charge in [-0.3, -0.25) is 4.90 Å². The Bertz CT molecular complexity index is 805. The third-order valence-corrected chi connectivity index (χ3v) is 4.40. The lowest BCUT2D eigenvalue weighted by Gasteiger charge is -2.27. The Kier molecular flexibility index (Phi) is 3.62. The first kappa shape index (κ1) is 14.4. The minimum Gasteiger partial charge on any atom is -0.460 e. The first-order valence-electron chi connectivity index (χ1n) is 8.23. The molecular formula is C19H21N3O. The lowest BCUT2D eigenvalue weighted by molar-refractivity contribution is 0.225. The molecule has 0 bridgehead atoms. The predicted octanol–water partition coefficient (Wildman–Crippen LogP) is 3.90. The zero-order chi connectivity index (χ0) is 15.8. The SMILES string of the molecule is CC(C)c1ncc2c(n1)CCN(Cc1cc3ccccc3o1)C2. The van der Waals surface area contributed by atoms with E-state index in [1.807, 2.05) is 24.4 Å². The van der Waals surface area contributed by atoms with Gasteiger partial charge in [0.2, 0.25) is 0 Å². The van der Waals surface area contributed by atoms with Crippen LogP contribution in [-0.2, 0) is 19.5 Å². The van der Waals surface area contributed by atoms with Crippen molar-refractivity contribution in [3.8, 4) is 0 Å². The van der Waals surface area contributed by atoms with Crippen molar-refractivity contribution >= 4 is 11.0 Å². The van der Waals surface area contributed by atoms with Crippen molar-refractivity contribution in [2.75, 3.05) is 6.54 Å². The van der Waals surface area contributed by atoms with E-state index in [0.717, 1.165) is 43.2 Å². The van der Waals surface area contributed by atoms with Crippen molar-refractivity contribution in [2.24, 2.45) is 0 Å². The van der Waals surface area contributed by atoms with Crippen LogP contribution in [0.2, 0.25) is 0 Å². The van der Waals surface area contributed by atoms with Crippen LogP contribution in [-0.4, -0.2) is 21.4 Å². The van der Waals surface area contributed by atoms with E-state index in [-0.39, 0.29) is 0 Å². The largest absolute Gasteiger partial charge is 0.460 e. The lowest BCUT2D eigenvalue weighted by atomic mass is 10.1. The van der Waals surface area contributed by atoms with E-state index in [0.29, 0.717) is 5.92 Å². The van der Waals surface area contributed by atoms with Gasteiger partial charge in [0.25, 0.3) is 0 Å². The quantitative estimate of drug-likeness (QED) is 0.736. The normalized spacial score (nSPS) is 15.3. The summed E-state index contributed by atoms with van der Waals surface area (Å²) in [4.78, 5) is 11.6. The number of hydrogen-bond donors (Lipinski definition) is 0. The van der Waals surface area contributed by atoms with Crippen LogP contribution in [0.5, 0.6) is 0 Å². The van der Waals surface area contributed by atoms with Crippen LogP contribution in [0.3, 0.4) is 0 Å². The summed E-state index contributed by atoms with van der Waals surface area (Å²) in [7, 11) is 0. The van der Waals surface area contributed by atoms with Crippen LogP contribution in [0.25, 0.3) is 11.0 Å². The van der Waals surface area contributed by atoms with E-state index >= 15 is 0 Å². The van der Waals surface area contributed by atoms with Crippen LogP contribution in [0.4, 0.5) is 0 Å². The molecule has 0 fully saturated rings. The van der Waals surface area contributed by atoms with Gasteiger partial charge in [-0.25, -0.2) is 9.97 Å². The summed E-state index contributed by atoms with van der Waals surface area (Å²) < 4.78 is 5.94. The average Bonchev–Trinajstić information content (AvgIpc) is 2.96. The molecule has 0 saturated heterocycles. The summed E-state index contributed by atoms with van der Waals surface area (Å²) in [5.41, 5.74) is 3.42. The second kappa shape index (κ2) is 5.78. The molecule has 3 heterocycles. The number of hydrogen-bond acceptors (Lipinski definition) is 4. The van der Waals surface area contributed by atoms with Gasteiger partial charge in [0.1, 0.15) is 17.2 Å².